The summed E-state index contributed by atoms with van der Waals surface area (Å²) in [5.41, 5.74) is 0.551. The summed E-state index contributed by atoms with van der Waals surface area (Å²) in [6.45, 7) is 9.47. The van der Waals surface area contributed by atoms with E-state index in [1.807, 2.05) is 4.90 Å². The molecule has 0 unspecified atom stereocenters. The molecule has 0 fully saturated rings. The fraction of sp³-hybridized carbons (Fsp3) is 0.476. The topological polar surface area (TPSA) is 102 Å². The van der Waals surface area contributed by atoms with E-state index in [1.54, 1.807) is 31.3 Å². The molecule has 30 heavy (non-hydrogen) atoms. The van der Waals surface area contributed by atoms with Crippen molar-refractivity contribution in [3.05, 3.63) is 46.3 Å². The lowest BCUT2D eigenvalue weighted by Crippen LogP contribution is -2.33. The molecule has 0 aliphatic heterocycles. The van der Waals surface area contributed by atoms with Gasteiger partial charge in [-0.25, -0.2) is 14.8 Å². The highest BCUT2D eigenvalue weighted by atomic mass is 16.6. The predicted molar refractivity (Wildman–Crippen MR) is 116 cm³/mol. The first kappa shape index (κ1) is 23.1. The van der Waals surface area contributed by atoms with Gasteiger partial charge in [0.05, 0.1) is 23.3 Å². The van der Waals surface area contributed by atoms with Gasteiger partial charge in [-0.2, -0.15) is 0 Å². The second-order valence-electron chi connectivity index (χ2n) is 7.89. The number of benzene rings is 1. The molecule has 0 aliphatic rings. The Bertz CT molecular complexity index is 891. The number of anilines is 3. The molecule has 0 bridgehead atoms. The Labute approximate surface area is 176 Å². The first-order valence-electron chi connectivity index (χ1n) is 9.82. The number of nitrogens with zero attached hydrogens (tertiary/aromatic N) is 5. The molecule has 9 heteroatoms. The summed E-state index contributed by atoms with van der Waals surface area (Å²) >= 11 is 0. The lowest BCUT2D eigenvalue weighted by atomic mass is 10.1. The summed E-state index contributed by atoms with van der Waals surface area (Å²) in [7, 11) is 2.93. The van der Waals surface area contributed by atoms with Crippen LogP contribution in [0.5, 0.6) is 0 Å². The van der Waals surface area contributed by atoms with Crippen LogP contribution < -0.4 is 9.80 Å². The number of nitro groups is 1. The summed E-state index contributed by atoms with van der Waals surface area (Å²) in [6.07, 6.45) is 1.32. The van der Waals surface area contributed by atoms with Gasteiger partial charge < -0.3 is 14.5 Å². The summed E-state index contributed by atoms with van der Waals surface area (Å²) in [5.74, 6) is 0.434. The van der Waals surface area contributed by atoms with Crippen LogP contribution in [-0.2, 0) is 4.74 Å². The van der Waals surface area contributed by atoms with Crippen molar-refractivity contribution in [2.45, 2.75) is 27.7 Å². The largest absolute Gasteiger partial charge is 0.465 e. The van der Waals surface area contributed by atoms with Gasteiger partial charge in [0.15, 0.2) is 0 Å². The maximum absolute atomic E-state index is 12.2. The van der Waals surface area contributed by atoms with Gasteiger partial charge >= 0.3 is 11.7 Å². The number of ether oxygens (including phenoxy) is 1. The maximum Gasteiger partial charge on any atom is 0.353 e. The zero-order valence-corrected chi connectivity index (χ0v) is 18.3. The van der Waals surface area contributed by atoms with E-state index in [2.05, 4.69) is 37.7 Å². The molecule has 0 atom stereocenters. The van der Waals surface area contributed by atoms with Gasteiger partial charge in [0.2, 0.25) is 11.6 Å². The molecule has 162 valence electrons. The van der Waals surface area contributed by atoms with Crippen molar-refractivity contribution in [2.75, 3.05) is 37.0 Å². The van der Waals surface area contributed by atoms with Gasteiger partial charge in [-0.05, 0) is 24.0 Å². The predicted octanol–water partition coefficient (Wildman–Crippen LogP) is 4.06. The van der Waals surface area contributed by atoms with Crippen molar-refractivity contribution in [3.8, 4) is 0 Å². The minimum Gasteiger partial charge on any atom is -0.465 e. The van der Waals surface area contributed by atoms with E-state index in [0.717, 1.165) is 0 Å². The van der Waals surface area contributed by atoms with Crippen LogP contribution >= 0.6 is 0 Å². The zero-order chi connectivity index (χ0) is 22.4. The summed E-state index contributed by atoms with van der Waals surface area (Å²) in [4.78, 5) is 35.8. The van der Waals surface area contributed by atoms with Crippen LogP contribution in [0, 0.1) is 22.0 Å². The van der Waals surface area contributed by atoms with E-state index in [1.165, 1.54) is 18.3 Å². The van der Waals surface area contributed by atoms with E-state index in [4.69, 9.17) is 4.74 Å². The van der Waals surface area contributed by atoms with Gasteiger partial charge in [-0.15, -0.1) is 0 Å². The van der Waals surface area contributed by atoms with Crippen molar-refractivity contribution in [2.24, 2.45) is 11.8 Å². The zero-order valence-electron chi connectivity index (χ0n) is 18.3. The quantitative estimate of drug-likeness (QED) is 0.343. The monoisotopic (exact) mass is 415 g/mol. The highest BCUT2D eigenvalue weighted by Crippen LogP contribution is 2.38. The van der Waals surface area contributed by atoms with Crippen LogP contribution in [-0.4, -0.2) is 48.1 Å². The summed E-state index contributed by atoms with van der Waals surface area (Å²) in [6, 6.07) is 6.75. The molecule has 0 radical (unpaired) electrons. The lowest BCUT2D eigenvalue weighted by Gasteiger charge is -2.28. The minimum atomic E-state index is -0.532. The van der Waals surface area contributed by atoms with Crippen molar-refractivity contribution in [3.63, 3.8) is 0 Å². The van der Waals surface area contributed by atoms with Crippen LogP contribution in [0.25, 0.3) is 0 Å². The second kappa shape index (κ2) is 10.00. The Balaban J connectivity index is 2.64. The third-order valence-electron chi connectivity index (χ3n) is 4.43. The summed E-state index contributed by atoms with van der Waals surface area (Å²) in [5, 5.41) is 12.1. The van der Waals surface area contributed by atoms with Crippen LogP contribution in [0.4, 0.5) is 23.0 Å². The Morgan fingerprint density at radius 1 is 1.10 bits per heavy atom. The average molecular weight is 415 g/mol. The molecule has 9 nitrogen and oxygen atoms in total. The van der Waals surface area contributed by atoms with Gasteiger partial charge in [0.25, 0.3) is 0 Å². The number of carbonyl (C=O) groups excluding carboxylic acids is 1. The number of rotatable bonds is 9. The molecule has 2 rings (SSSR count). The first-order valence-corrected chi connectivity index (χ1v) is 9.82. The van der Waals surface area contributed by atoms with Crippen molar-refractivity contribution >= 4 is 29.0 Å². The Hall–Kier alpha value is -3.23. The average Bonchev–Trinajstić information content (AvgIpc) is 2.70. The number of carbonyl (C=O) groups is 1. The first-order chi connectivity index (χ1) is 14.2. The van der Waals surface area contributed by atoms with Crippen molar-refractivity contribution in [1.29, 1.82) is 0 Å². The number of hydrogen-bond donors (Lipinski definition) is 0. The number of para-hydroxylation sites is 1. The molecule has 0 spiro atoms. The van der Waals surface area contributed by atoms with E-state index in [0.29, 0.717) is 30.6 Å². The SMILES string of the molecule is COC(=O)c1ccccc1N(C)c1ncnc(N(CC(C)C)CC(C)C)c1[N+](=O)[O-]. The molecular formula is C21H29N5O4. The van der Waals surface area contributed by atoms with E-state index in [-0.39, 0.29) is 22.9 Å². The highest BCUT2D eigenvalue weighted by molar-refractivity contribution is 5.97. The number of methoxy groups -OCH3 is 1. The van der Waals surface area contributed by atoms with E-state index >= 15 is 0 Å². The second-order valence-corrected chi connectivity index (χ2v) is 7.89. The molecule has 0 aliphatic carbocycles. The molecule has 2 aromatic rings. The van der Waals surface area contributed by atoms with E-state index in [9.17, 15) is 14.9 Å². The van der Waals surface area contributed by atoms with E-state index < -0.39 is 10.9 Å². The normalized spacial score (nSPS) is 10.9. The van der Waals surface area contributed by atoms with Crippen LogP contribution in [0.2, 0.25) is 0 Å². The molecule has 1 heterocycles. The van der Waals surface area contributed by atoms with Crippen LogP contribution in [0.15, 0.2) is 30.6 Å². The fourth-order valence-corrected chi connectivity index (χ4v) is 3.29. The Morgan fingerprint density at radius 3 is 2.20 bits per heavy atom. The van der Waals surface area contributed by atoms with Gasteiger partial charge in [0, 0.05) is 20.1 Å². The van der Waals surface area contributed by atoms with Crippen molar-refractivity contribution < 1.29 is 14.5 Å². The molecule has 1 aromatic carbocycles. The highest BCUT2D eigenvalue weighted by Gasteiger charge is 2.31. The van der Waals surface area contributed by atoms with Crippen molar-refractivity contribution in [1.82, 2.24) is 9.97 Å². The smallest absolute Gasteiger partial charge is 0.353 e. The molecule has 0 N–H and O–H groups in total. The molecule has 0 saturated heterocycles. The lowest BCUT2D eigenvalue weighted by molar-refractivity contribution is -0.383. The Morgan fingerprint density at radius 2 is 1.67 bits per heavy atom. The number of hydrogen-bond acceptors (Lipinski definition) is 8. The van der Waals surface area contributed by atoms with Gasteiger partial charge in [-0.1, -0.05) is 39.8 Å². The third kappa shape index (κ3) is 5.22. The van der Waals surface area contributed by atoms with Gasteiger partial charge in [-0.3, -0.25) is 10.1 Å². The van der Waals surface area contributed by atoms with Crippen LogP contribution in [0.3, 0.4) is 0 Å². The third-order valence-corrected chi connectivity index (χ3v) is 4.43. The fourth-order valence-electron chi connectivity index (χ4n) is 3.29. The summed E-state index contributed by atoms with van der Waals surface area (Å²) < 4.78 is 4.85. The molecule has 0 saturated carbocycles. The molecule has 0 amide bonds. The molecule has 1 aromatic heterocycles. The maximum atomic E-state index is 12.2. The molecular weight excluding hydrogens is 386 g/mol. The minimum absolute atomic E-state index is 0.110. The van der Waals surface area contributed by atoms with Gasteiger partial charge in [0.1, 0.15) is 6.33 Å². The number of aromatic nitrogens is 2. The van der Waals surface area contributed by atoms with Crippen LogP contribution in [0.1, 0.15) is 38.1 Å². The Kier molecular flexibility index (Phi) is 7.68. The number of esters is 1. The standard InChI is InChI=1S/C21H29N5O4/c1-14(2)11-25(12-15(3)4)20-18(26(28)29)19(22-13-23-20)24(5)17-10-8-7-9-16(17)21(27)30-6/h7-10,13-15H,11-12H2,1-6H3.